The Kier molecular flexibility index (Phi) is 9.29. The van der Waals surface area contributed by atoms with E-state index in [0.717, 1.165) is 18.4 Å². The Morgan fingerprint density at radius 1 is 0.857 bits per heavy atom. The molecule has 0 saturated carbocycles. The average Bonchev–Trinajstić information content (AvgIpc) is 2.83. The summed E-state index contributed by atoms with van der Waals surface area (Å²) < 4.78 is 5.39. The van der Waals surface area contributed by atoms with E-state index in [1.165, 1.54) is 5.56 Å². The fourth-order valence-corrected chi connectivity index (χ4v) is 4.14. The average molecular weight is 480 g/mol. The van der Waals surface area contributed by atoms with E-state index in [9.17, 15) is 14.4 Å². The number of hydrogen-bond acceptors (Lipinski definition) is 4. The van der Waals surface area contributed by atoms with Crippen LogP contribution in [-0.2, 0) is 27.2 Å². The molecule has 0 aromatic heterocycles. The van der Waals surface area contributed by atoms with Crippen LogP contribution in [0.4, 0.5) is 4.79 Å². The first-order valence-corrected chi connectivity index (χ1v) is 12.4. The summed E-state index contributed by atoms with van der Waals surface area (Å²) in [7, 11) is 0. The van der Waals surface area contributed by atoms with Crippen molar-refractivity contribution in [1.29, 1.82) is 0 Å². The molecule has 1 aliphatic rings. The number of alkyl carbamates (subject to hydrolysis) is 1. The molecule has 1 aliphatic heterocycles. The van der Waals surface area contributed by atoms with Crippen molar-refractivity contribution in [1.82, 2.24) is 15.1 Å². The van der Waals surface area contributed by atoms with Crippen LogP contribution < -0.4 is 5.32 Å². The Labute approximate surface area is 208 Å². The van der Waals surface area contributed by atoms with Gasteiger partial charge in [-0.2, -0.15) is 0 Å². The summed E-state index contributed by atoms with van der Waals surface area (Å²) >= 11 is 0. The number of nitrogens with one attached hydrogen (secondary N) is 1. The minimum atomic E-state index is -0.736. The third kappa shape index (κ3) is 8.74. The zero-order valence-corrected chi connectivity index (χ0v) is 21.0. The second-order valence-corrected chi connectivity index (χ2v) is 9.93. The normalized spacial score (nSPS) is 14.8. The molecule has 1 heterocycles. The molecule has 7 nitrogen and oxygen atoms in total. The van der Waals surface area contributed by atoms with Crippen molar-refractivity contribution in [2.24, 2.45) is 0 Å². The Morgan fingerprint density at radius 2 is 1.40 bits per heavy atom. The number of piperazine rings is 1. The van der Waals surface area contributed by atoms with Crippen LogP contribution in [0.2, 0.25) is 0 Å². The Morgan fingerprint density at radius 3 is 1.97 bits per heavy atom. The van der Waals surface area contributed by atoms with Crippen LogP contribution in [0.5, 0.6) is 0 Å². The molecule has 3 amide bonds. The van der Waals surface area contributed by atoms with E-state index in [0.29, 0.717) is 39.0 Å². The highest BCUT2D eigenvalue weighted by molar-refractivity contribution is 5.86. The molecule has 0 aliphatic carbocycles. The largest absolute Gasteiger partial charge is 0.444 e. The van der Waals surface area contributed by atoms with E-state index in [2.05, 4.69) is 17.4 Å². The van der Waals surface area contributed by atoms with E-state index in [1.54, 1.807) is 25.7 Å². The van der Waals surface area contributed by atoms with Gasteiger partial charge in [-0.05, 0) is 44.7 Å². The molecule has 0 bridgehead atoms. The maximum absolute atomic E-state index is 13.4. The van der Waals surface area contributed by atoms with Gasteiger partial charge >= 0.3 is 6.09 Å². The summed E-state index contributed by atoms with van der Waals surface area (Å²) in [5, 5.41) is 2.76. The second-order valence-electron chi connectivity index (χ2n) is 9.93. The van der Waals surface area contributed by atoms with Gasteiger partial charge in [-0.15, -0.1) is 0 Å². The topological polar surface area (TPSA) is 79.0 Å². The van der Waals surface area contributed by atoms with Crippen LogP contribution in [-0.4, -0.2) is 65.5 Å². The maximum atomic E-state index is 13.4. The van der Waals surface area contributed by atoms with Crippen molar-refractivity contribution < 1.29 is 19.1 Å². The third-order valence-electron chi connectivity index (χ3n) is 5.91. The van der Waals surface area contributed by atoms with Crippen molar-refractivity contribution in [2.45, 2.75) is 58.1 Å². The predicted octanol–water partition coefficient (Wildman–Crippen LogP) is 3.82. The van der Waals surface area contributed by atoms with Gasteiger partial charge in [0.05, 0.1) is 0 Å². The molecule has 0 radical (unpaired) electrons. The lowest BCUT2D eigenvalue weighted by atomic mass is 10.0. The molecule has 7 heteroatoms. The Hall–Kier alpha value is -3.35. The standard InChI is InChI=1S/C28H37N3O4/c1-28(2,3)35-27(34)29-24(21-23-13-8-5-9-14-23)26(33)31-19-17-30(18-20-31)25(32)16-10-15-22-11-6-4-7-12-22/h4-9,11-14,24H,10,15-21H2,1-3H3,(H,29,34). The van der Waals surface area contributed by atoms with E-state index in [4.69, 9.17) is 4.74 Å². The number of ether oxygens (including phenoxy) is 1. The number of carbonyl (C=O) groups is 3. The van der Waals surface area contributed by atoms with Crippen LogP contribution in [0.3, 0.4) is 0 Å². The van der Waals surface area contributed by atoms with Crippen molar-refractivity contribution in [3.05, 3.63) is 71.8 Å². The first-order valence-electron chi connectivity index (χ1n) is 12.4. The minimum Gasteiger partial charge on any atom is -0.444 e. The number of rotatable bonds is 8. The monoisotopic (exact) mass is 479 g/mol. The third-order valence-corrected chi connectivity index (χ3v) is 5.91. The number of carbonyl (C=O) groups excluding carboxylic acids is 3. The van der Waals surface area contributed by atoms with Gasteiger partial charge in [0, 0.05) is 39.0 Å². The van der Waals surface area contributed by atoms with E-state index in [1.807, 2.05) is 53.4 Å². The van der Waals surface area contributed by atoms with E-state index < -0.39 is 17.7 Å². The van der Waals surface area contributed by atoms with Crippen LogP contribution in [0, 0.1) is 0 Å². The summed E-state index contributed by atoms with van der Waals surface area (Å²) in [4.78, 5) is 42.0. The first kappa shape index (κ1) is 26.3. The van der Waals surface area contributed by atoms with Gasteiger partial charge in [-0.1, -0.05) is 60.7 Å². The molecule has 188 valence electrons. The van der Waals surface area contributed by atoms with E-state index >= 15 is 0 Å². The van der Waals surface area contributed by atoms with Crippen molar-refractivity contribution in [3.63, 3.8) is 0 Å². The van der Waals surface area contributed by atoms with E-state index in [-0.39, 0.29) is 11.8 Å². The lowest BCUT2D eigenvalue weighted by Gasteiger charge is -2.36. The van der Waals surface area contributed by atoms with Gasteiger partial charge < -0.3 is 19.9 Å². The molecular formula is C28H37N3O4. The predicted molar refractivity (Wildman–Crippen MR) is 136 cm³/mol. The highest BCUT2D eigenvalue weighted by atomic mass is 16.6. The van der Waals surface area contributed by atoms with Crippen molar-refractivity contribution in [2.75, 3.05) is 26.2 Å². The molecule has 1 saturated heterocycles. The molecule has 1 unspecified atom stereocenters. The van der Waals surface area contributed by atoms with Gasteiger partial charge in [0.15, 0.2) is 0 Å². The molecule has 2 aromatic rings. The van der Waals surface area contributed by atoms with Crippen LogP contribution in [0.15, 0.2) is 60.7 Å². The molecule has 1 fully saturated rings. The number of nitrogens with zero attached hydrogens (tertiary/aromatic N) is 2. The molecule has 35 heavy (non-hydrogen) atoms. The second kappa shape index (κ2) is 12.4. The van der Waals surface area contributed by atoms with Crippen LogP contribution in [0.1, 0.15) is 44.7 Å². The van der Waals surface area contributed by atoms with Gasteiger partial charge in [0.1, 0.15) is 11.6 Å². The van der Waals surface area contributed by atoms with Gasteiger partial charge in [-0.25, -0.2) is 4.79 Å². The fraction of sp³-hybridized carbons (Fsp3) is 0.464. The Bertz CT molecular complexity index is 965. The van der Waals surface area contributed by atoms with Crippen molar-refractivity contribution in [3.8, 4) is 0 Å². The fourth-order valence-electron chi connectivity index (χ4n) is 4.14. The summed E-state index contributed by atoms with van der Waals surface area (Å²) in [6.45, 7) is 7.26. The SMILES string of the molecule is CC(C)(C)OC(=O)NC(Cc1ccccc1)C(=O)N1CCN(C(=O)CCCc2ccccc2)CC1. The molecule has 0 spiro atoms. The van der Waals surface area contributed by atoms with Crippen LogP contribution in [0.25, 0.3) is 0 Å². The maximum Gasteiger partial charge on any atom is 0.408 e. The molecular weight excluding hydrogens is 442 g/mol. The Balaban J connectivity index is 1.53. The molecule has 1 N–H and O–H groups in total. The number of hydrogen-bond donors (Lipinski definition) is 1. The smallest absolute Gasteiger partial charge is 0.408 e. The lowest BCUT2D eigenvalue weighted by Crippen LogP contribution is -2.56. The van der Waals surface area contributed by atoms with Gasteiger partial charge in [0.2, 0.25) is 11.8 Å². The first-order chi connectivity index (χ1) is 16.7. The van der Waals surface area contributed by atoms with Crippen molar-refractivity contribution >= 4 is 17.9 Å². The highest BCUT2D eigenvalue weighted by Crippen LogP contribution is 2.13. The summed E-state index contributed by atoms with van der Waals surface area (Å²) in [5.74, 6) is -0.0309. The van der Waals surface area contributed by atoms with Crippen LogP contribution >= 0.6 is 0 Å². The molecule has 3 rings (SSSR count). The number of aryl methyl sites for hydroxylation is 1. The highest BCUT2D eigenvalue weighted by Gasteiger charge is 2.31. The van der Waals surface area contributed by atoms with Gasteiger partial charge in [0.25, 0.3) is 0 Å². The lowest BCUT2D eigenvalue weighted by molar-refractivity contribution is -0.140. The van der Waals surface area contributed by atoms with Gasteiger partial charge in [-0.3, -0.25) is 9.59 Å². The molecule has 2 aromatic carbocycles. The zero-order chi connectivity index (χ0) is 25.3. The minimum absolute atomic E-state index is 0.126. The quantitative estimate of drug-likeness (QED) is 0.624. The summed E-state index contributed by atoms with van der Waals surface area (Å²) in [6.07, 6.45) is 1.94. The summed E-state index contributed by atoms with van der Waals surface area (Å²) in [5.41, 5.74) is 1.53. The number of benzene rings is 2. The summed E-state index contributed by atoms with van der Waals surface area (Å²) in [6, 6.07) is 19.0. The molecule has 1 atom stereocenters. The zero-order valence-electron chi connectivity index (χ0n) is 21.0. The number of amides is 3.